The van der Waals surface area contributed by atoms with E-state index in [1.165, 1.54) is 0 Å². The van der Waals surface area contributed by atoms with Crippen LogP contribution >= 0.6 is 0 Å². The number of guanidine groups is 1. The molecule has 0 aliphatic carbocycles. The third kappa shape index (κ3) is 8.98. The number of ether oxygens (including phenoxy) is 1. The van der Waals surface area contributed by atoms with Gasteiger partial charge in [-0.1, -0.05) is 27.7 Å². The zero-order valence-corrected chi connectivity index (χ0v) is 12.2. The number of aliphatic imine (C=N–C) groups is 1. The van der Waals surface area contributed by atoms with Crippen molar-refractivity contribution in [1.82, 2.24) is 5.32 Å². The number of nitrogens with zero attached hydrogens (tertiary/aromatic N) is 1. The van der Waals surface area contributed by atoms with Crippen LogP contribution in [0.2, 0.25) is 0 Å². The van der Waals surface area contributed by atoms with Crippen LogP contribution in [0.5, 0.6) is 0 Å². The number of hydrogen-bond donors (Lipinski definition) is 2. The maximum absolute atomic E-state index is 5.83. The molecular weight excluding hydrogens is 214 g/mol. The standard InChI is InChI=1S/C13H29N3O/c1-10(2)7-13(4,5)9-15-12(14)16-11(3)8-17-6/h10-11H,7-9H2,1-6H3,(H3,14,15,16). The maximum Gasteiger partial charge on any atom is 0.188 e. The van der Waals surface area contributed by atoms with Gasteiger partial charge >= 0.3 is 0 Å². The first-order chi connectivity index (χ1) is 7.76. The molecule has 1 atom stereocenters. The fraction of sp³-hybridized carbons (Fsp3) is 0.923. The van der Waals surface area contributed by atoms with Crippen LogP contribution in [0.25, 0.3) is 0 Å². The van der Waals surface area contributed by atoms with Gasteiger partial charge in [0.15, 0.2) is 5.96 Å². The van der Waals surface area contributed by atoms with Crippen molar-refractivity contribution in [3.63, 3.8) is 0 Å². The third-order valence-corrected chi connectivity index (χ3v) is 2.45. The Balaban J connectivity index is 4.12. The molecule has 0 radical (unpaired) electrons. The SMILES string of the molecule is COCC(C)NC(N)=NCC(C)(C)CC(C)C. The van der Waals surface area contributed by atoms with Gasteiger partial charge in [0.05, 0.1) is 6.61 Å². The van der Waals surface area contributed by atoms with Crippen LogP contribution in [0.3, 0.4) is 0 Å². The van der Waals surface area contributed by atoms with E-state index in [0.717, 1.165) is 13.0 Å². The van der Waals surface area contributed by atoms with Crippen LogP contribution < -0.4 is 11.1 Å². The smallest absolute Gasteiger partial charge is 0.188 e. The highest BCUT2D eigenvalue weighted by Crippen LogP contribution is 2.25. The molecule has 0 rings (SSSR count). The van der Waals surface area contributed by atoms with E-state index in [0.29, 0.717) is 18.5 Å². The summed E-state index contributed by atoms with van der Waals surface area (Å²) in [6.45, 7) is 12.3. The fourth-order valence-electron chi connectivity index (χ4n) is 2.06. The van der Waals surface area contributed by atoms with Gasteiger partial charge in [-0.2, -0.15) is 0 Å². The molecule has 1 unspecified atom stereocenters. The summed E-state index contributed by atoms with van der Waals surface area (Å²) in [5, 5.41) is 3.11. The van der Waals surface area contributed by atoms with Crippen LogP contribution in [0, 0.1) is 11.3 Å². The van der Waals surface area contributed by atoms with E-state index in [1.54, 1.807) is 7.11 Å². The molecule has 4 nitrogen and oxygen atoms in total. The molecule has 102 valence electrons. The Hall–Kier alpha value is -0.770. The molecule has 0 fully saturated rings. The van der Waals surface area contributed by atoms with Crippen LogP contribution in [0.1, 0.15) is 41.0 Å². The summed E-state index contributed by atoms with van der Waals surface area (Å²) in [6, 6.07) is 0.192. The Morgan fingerprint density at radius 1 is 1.35 bits per heavy atom. The molecule has 0 amide bonds. The summed E-state index contributed by atoms with van der Waals surface area (Å²) in [4.78, 5) is 4.40. The van der Waals surface area contributed by atoms with Crippen molar-refractivity contribution in [3.8, 4) is 0 Å². The normalized spacial score (nSPS) is 15.1. The monoisotopic (exact) mass is 243 g/mol. The van der Waals surface area contributed by atoms with E-state index in [4.69, 9.17) is 10.5 Å². The molecule has 3 N–H and O–H groups in total. The lowest BCUT2D eigenvalue weighted by atomic mass is 9.84. The predicted molar refractivity (Wildman–Crippen MR) is 74.2 cm³/mol. The van der Waals surface area contributed by atoms with Crippen molar-refractivity contribution < 1.29 is 4.74 Å². The first kappa shape index (κ1) is 16.2. The Bertz CT molecular complexity index is 237. The molecule has 17 heavy (non-hydrogen) atoms. The van der Waals surface area contributed by atoms with E-state index in [-0.39, 0.29) is 11.5 Å². The van der Waals surface area contributed by atoms with Gasteiger partial charge in [0, 0.05) is 19.7 Å². The van der Waals surface area contributed by atoms with Crippen molar-refractivity contribution >= 4 is 5.96 Å². The summed E-state index contributed by atoms with van der Waals surface area (Å²) in [5.41, 5.74) is 6.03. The van der Waals surface area contributed by atoms with Gasteiger partial charge in [0.2, 0.25) is 0 Å². The average molecular weight is 243 g/mol. The van der Waals surface area contributed by atoms with E-state index in [1.807, 2.05) is 6.92 Å². The molecule has 4 heteroatoms. The van der Waals surface area contributed by atoms with Gasteiger partial charge in [0.1, 0.15) is 0 Å². The molecule has 0 saturated carbocycles. The first-order valence-electron chi connectivity index (χ1n) is 6.32. The topological polar surface area (TPSA) is 59.6 Å². The Morgan fingerprint density at radius 3 is 2.41 bits per heavy atom. The summed E-state index contributed by atoms with van der Waals surface area (Å²) >= 11 is 0. The van der Waals surface area contributed by atoms with Crippen molar-refractivity contribution in [1.29, 1.82) is 0 Å². The number of rotatable bonds is 7. The van der Waals surface area contributed by atoms with Crippen molar-refractivity contribution in [3.05, 3.63) is 0 Å². The second-order valence-corrected chi connectivity index (χ2v) is 5.96. The molecule has 0 bridgehead atoms. The quantitative estimate of drug-likeness (QED) is 0.531. The van der Waals surface area contributed by atoms with Crippen LogP contribution in [-0.4, -0.2) is 32.3 Å². The Kier molecular flexibility index (Phi) is 7.19. The Labute approximate surface area is 106 Å². The van der Waals surface area contributed by atoms with Gasteiger partial charge in [-0.3, -0.25) is 4.99 Å². The lowest BCUT2D eigenvalue weighted by Gasteiger charge is -2.25. The van der Waals surface area contributed by atoms with Gasteiger partial charge in [-0.25, -0.2) is 0 Å². The number of nitrogens with one attached hydrogen (secondary N) is 1. The van der Waals surface area contributed by atoms with E-state index in [9.17, 15) is 0 Å². The van der Waals surface area contributed by atoms with E-state index >= 15 is 0 Å². The highest BCUT2D eigenvalue weighted by molar-refractivity contribution is 5.78. The molecule has 0 aliphatic rings. The van der Waals surface area contributed by atoms with E-state index in [2.05, 4.69) is 38.0 Å². The molecule has 0 aromatic heterocycles. The molecule has 0 aromatic carbocycles. The van der Waals surface area contributed by atoms with Gasteiger partial charge in [-0.15, -0.1) is 0 Å². The van der Waals surface area contributed by atoms with Gasteiger partial charge in [-0.05, 0) is 24.7 Å². The van der Waals surface area contributed by atoms with Crippen LogP contribution in [-0.2, 0) is 4.74 Å². The summed E-state index contributed by atoms with van der Waals surface area (Å²) in [6.07, 6.45) is 1.15. The minimum atomic E-state index is 0.192. The largest absolute Gasteiger partial charge is 0.383 e. The summed E-state index contributed by atoms with van der Waals surface area (Å²) in [7, 11) is 1.68. The maximum atomic E-state index is 5.83. The van der Waals surface area contributed by atoms with Crippen LogP contribution in [0.4, 0.5) is 0 Å². The highest BCUT2D eigenvalue weighted by Gasteiger charge is 2.19. The minimum absolute atomic E-state index is 0.192. The lowest BCUT2D eigenvalue weighted by molar-refractivity contribution is 0.179. The molecule has 0 aromatic rings. The molecule has 0 spiro atoms. The third-order valence-electron chi connectivity index (χ3n) is 2.45. The van der Waals surface area contributed by atoms with Gasteiger partial charge < -0.3 is 15.8 Å². The molecule has 0 saturated heterocycles. The lowest BCUT2D eigenvalue weighted by Crippen LogP contribution is -2.41. The van der Waals surface area contributed by atoms with E-state index < -0.39 is 0 Å². The van der Waals surface area contributed by atoms with Crippen LogP contribution in [0.15, 0.2) is 4.99 Å². The fourth-order valence-corrected chi connectivity index (χ4v) is 2.06. The molecule has 0 heterocycles. The minimum Gasteiger partial charge on any atom is -0.383 e. The summed E-state index contributed by atoms with van der Waals surface area (Å²) in [5.74, 6) is 1.19. The molecular formula is C13H29N3O. The van der Waals surface area contributed by atoms with Crippen molar-refractivity contribution in [2.75, 3.05) is 20.3 Å². The molecule has 0 aliphatic heterocycles. The second kappa shape index (κ2) is 7.54. The first-order valence-corrected chi connectivity index (χ1v) is 6.32. The predicted octanol–water partition coefficient (Wildman–Crippen LogP) is 2.00. The zero-order chi connectivity index (χ0) is 13.5. The summed E-state index contributed by atoms with van der Waals surface area (Å²) < 4.78 is 5.03. The average Bonchev–Trinajstić information content (AvgIpc) is 2.13. The van der Waals surface area contributed by atoms with Crippen molar-refractivity contribution in [2.24, 2.45) is 22.1 Å². The zero-order valence-electron chi connectivity index (χ0n) is 12.2. The number of methoxy groups -OCH3 is 1. The highest BCUT2D eigenvalue weighted by atomic mass is 16.5. The number of nitrogens with two attached hydrogens (primary N) is 1. The Morgan fingerprint density at radius 2 is 1.94 bits per heavy atom. The number of hydrogen-bond acceptors (Lipinski definition) is 2. The van der Waals surface area contributed by atoms with Gasteiger partial charge in [0.25, 0.3) is 0 Å². The van der Waals surface area contributed by atoms with Crippen molar-refractivity contribution in [2.45, 2.75) is 47.1 Å². The second-order valence-electron chi connectivity index (χ2n) is 5.96.